The molecule has 0 atom stereocenters. The number of aromatic nitrogens is 4. The largest absolute Gasteiger partial charge is 0.345 e. The van der Waals surface area contributed by atoms with Crippen molar-refractivity contribution >= 4 is 45.6 Å². The van der Waals surface area contributed by atoms with Crippen LogP contribution in [0.1, 0.15) is 5.56 Å². The lowest BCUT2D eigenvalue weighted by molar-refractivity contribution is 1.01. The average Bonchev–Trinajstić information content (AvgIpc) is 3.17. The Labute approximate surface area is 173 Å². The van der Waals surface area contributed by atoms with Crippen molar-refractivity contribution in [2.24, 2.45) is 5.10 Å². The van der Waals surface area contributed by atoms with Crippen LogP contribution < -0.4 is 10.3 Å². The predicted octanol–water partition coefficient (Wildman–Crippen LogP) is 4.72. The van der Waals surface area contributed by atoms with Crippen LogP contribution in [0.4, 0.5) is 17.3 Å². The van der Waals surface area contributed by atoms with Gasteiger partial charge in [0.05, 0.1) is 6.21 Å². The quantitative estimate of drug-likeness (QED) is 0.333. The fourth-order valence-electron chi connectivity index (χ4n) is 3.32. The maximum absolute atomic E-state index is 4.45. The maximum Gasteiger partial charge on any atom is 0.265 e. The maximum atomic E-state index is 4.45. The number of aromatic amines is 1. The van der Waals surface area contributed by atoms with E-state index >= 15 is 0 Å². The van der Waals surface area contributed by atoms with Gasteiger partial charge in [0, 0.05) is 29.3 Å². The SMILES string of the molecule is CN(c1ccccc1)c1ccc(/C=N/Nc2nnc3c(n2)[nH]c2ccccc23)cc1. The highest BCUT2D eigenvalue weighted by Gasteiger charge is 2.08. The van der Waals surface area contributed by atoms with E-state index in [1.165, 1.54) is 0 Å². The molecule has 0 aliphatic carbocycles. The van der Waals surface area contributed by atoms with Crippen LogP contribution in [0.3, 0.4) is 0 Å². The number of hydrogen-bond acceptors (Lipinski definition) is 6. The Kier molecular flexibility index (Phi) is 4.53. The Bertz CT molecular complexity index is 1320. The summed E-state index contributed by atoms with van der Waals surface area (Å²) in [7, 11) is 2.05. The predicted molar refractivity (Wildman–Crippen MR) is 121 cm³/mol. The first-order valence-corrected chi connectivity index (χ1v) is 9.57. The molecule has 2 N–H and O–H groups in total. The number of benzene rings is 3. The second-order valence-corrected chi connectivity index (χ2v) is 6.86. The Morgan fingerprint density at radius 2 is 1.60 bits per heavy atom. The van der Waals surface area contributed by atoms with Crippen LogP contribution in [0, 0.1) is 0 Å². The molecule has 2 aromatic heterocycles. The Hall–Kier alpha value is -4.26. The van der Waals surface area contributed by atoms with E-state index in [0.717, 1.165) is 33.4 Å². The highest BCUT2D eigenvalue weighted by atomic mass is 15.4. The fourth-order valence-corrected chi connectivity index (χ4v) is 3.32. The number of H-pyrrole nitrogens is 1. The van der Waals surface area contributed by atoms with Gasteiger partial charge in [-0.1, -0.05) is 48.5 Å². The number of para-hydroxylation sites is 2. The van der Waals surface area contributed by atoms with Crippen molar-refractivity contribution in [3.8, 4) is 0 Å². The topological polar surface area (TPSA) is 82.1 Å². The van der Waals surface area contributed by atoms with E-state index in [9.17, 15) is 0 Å². The molecule has 0 amide bonds. The van der Waals surface area contributed by atoms with E-state index in [0.29, 0.717) is 11.6 Å². The molecule has 0 aliphatic rings. The molecule has 5 aromatic rings. The summed E-state index contributed by atoms with van der Waals surface area (Å²) in [4.78, 5) is 9.83. The average molecular weight is 393 g/mol. The second kappa shape index (κ2) is 7.63. The van der Waals surface area contributed by atoms with Crippen LogP contribution in [0.15, 0.2) is 84.0 Å². The van der Waals surface area contributed by atoms with Crippen molar-refractivity contribution in [3.05, 3.63) is 84.4 Å². The molecule has 30 heavy (non-hydrogen) atoms. The van der Waals surface area contributed by atoms with Gasteiger partial charge in [0.25, 0.3) is 5.95 Å². The van der Waals surface area contributed by atoms with Gasteiger partial charge in [0.2, 0.25) is 0 Å². The van der Waals surface area contributed by atoms with Crippen molar-refractivity contribution in [2.45, 2.75) is 0 Å². The minimum absolute atomic E-state index is 0.339. The van der Waals surface area contributed by atoms with Gasteiger partial charge in [0.1, 0.15) is 5.52 Å². The van der Waals surface area contributed by atoms with E-state index in [1.54, 1.807) is 6.21 Å². The van der Waals surface area contributed by atoms with Crippen LogP contribution >= 0.6 is 0 Å². The molecule has 0 aliphatic heterocycles. The minimum atomic E-state index is 0.339. The zero-order chi connectivity index (χ0) is 20.3. The summed E-state index contributed by atoms with van der Waals surface area (Å²) >= 11 is 0. The van der Waals surface area contributed by atoms with E-state index < -0.39 is 0 Å². The molecule has 0 spiro atoms. The third-order valence-electron chi connectivity index (χ3n) is 4.92. The molecule has 7 heteroatoms. The van der Waals surface area contributed by atoms with Gasteiger partial charge in [-0.3, -0.25) is 0 Å². The minimum Gasteiger partial charge on any atom is -0.345 e. The van der Waals surface area contributed by atoms with Gasteiger partial charge in [-0.2, -0.15) is 10.1 Å². The van der Waals surface area contributed by atoms with Crippen LogP contribution in [-0.2, 0) is 0 Å². The van der Waals surface area contributed by atoms with Gasteiger partial charge in [-0.15, -0.1) is 10.2 Å². The van der Waals surface area contributed by atoms with Crippen LogP contribution in [-0.4, -0.2) is 33.4 Å². The van der Waals surface area contributed by atoms with Gasteiger partial charge in [0.15, 0.2) is 5.65 Å². The highest BCUT2D eigenvalue weighted by molar-refractivity contribution is 6.03. The highest BCUT2D eigenvalue weighted by Crippen LogP contribution is 2.23. The summed E-state index contributed by atoms with van der Waals surface area (Å²) < 4.78 is 0. The van der Waals surface area contributed by atoms with Gasteiger partial charge in [-0.25, -0.2) is 5.43 Å². The van der Waals surface area contributed by atoms with Crippen LogP contribution in [0.5, 0.6) is 0 Å². The monoisotopic (exact) mass is 393 g/mol. The molecule has 0 fully saturated rings. The summed E-state index contributed by atoms with van der Waals surface area (Å²) in [6, 6.07) is 26.3. The molecule has 0 saturated carbocycles. The number of nitrogens with one attached hydrogen (secondary N) is 2. The summed E-state index contributed by atoms with van der Waals surface area (Å²) in [6.07, 6.45) is 1.73. The smallest absolute Gasteiger partial charge is 0.265 e. The lowest BCUT2D eigenvalue weighted by atomic mass is 10.2. The molecule has 3 aromatic carbocycles. The number of anilines is 3. The molecular weight excluding hydrogens is 374 g/mol. The molecule has 7 nitrogen and oxygen atoms in total. The summed E-state index contributed by atoms with van der Waals surface area (Å²) in [5.41, 5.74) is 8.46. The van der Waals surface area contributed by atoms with Crippen LogP contribution in [0.25, 0.3) is 22.1 Å². The van der Waals surface area contributed by atoms with Crippen LogP contribution in [0.2, 0.25) is 0 Å². The number of fused-ring (bicyclic) bond motifs is 3. The summed E-state index contributed by atoms with van der Waals surface area (Å²) in [5.74, 6) is 0.339. The van der Waals surface area contributed by atoms with Crippen molar-refractivity contribution in [3.63, 3.8) is 0 Å². The number of hydrogen-bond donors (Lipinski definition) is 2. The molecule has 146 valence electrons. The number of nitrogens with zero attached hydrogens (tertiary/aromatic N) is 5. The lowest BCUT2D eigenvalue weighted by Crippen LogP contribution is -2.08. The Balaban J connectivity index is 1.29. The molecule has 0 saturated heterocycles. The van der Waals surface area contributed by atoms with E-state index in [1.807, 2.05) is 61.6 Å². The summed E-state index contributed by atoms with van der Waals surface area (Å²) in [6.45, 7) is 0. The van der Waals surface area contributed by atoms with Crippen molar-refractivity contribution < 1.29 is 0 Å². The third-order valence-corrected chi connectivity index (χ3v) is 4.92. The molecular formula is C23H19N7. The first-order chi connectivity index (χ1) is 14.8. The first kappa shape index (κ1) is 17.8. The number of rotatable bonds is 5. The van der Waals surface area contributed by atoms with E-state index in [2.05, 4.69) is 59.9 Å². The molecule has 0 unspecified atom stereocenters. The Morgan fingerprint density at radius 3 is 2.43 bits per heavy atom. The normalized spacial score (nSPS) is 11.4. The van der Waals surface area contributed by atoms with Crippen molar-refractivity contribution in [1.82, 2.24) is 20.2 Å². The van der Waals surface area contributed by atoms with E-state index in [4.69, 9.17) is 0 Å². The zero-order valence-corrected chi connectivity index (χ0v) is 16.3. The second-order valence-electron chi connectivity index (χ2n) is 6.86. The van der Waals surface area contributed by atoms with Gasteiger partial charge < -0.3 is 9.88 Å². The summed E-state index contributed by atoms with van der Waals surface area (Å²) in [5, 5.41) is 13.6. The van der Waals surface area contributed by atoms with Gasteiger partial charge >= 0.3 is 0 Å². The fraction of sp³-hybridized carbons (Fsp3) is 0.0435. The molecule has 2 heterocycles. The first-order valence-electron chi connectivity index (χ1n) is 9.57. The third kappa shape index (κ3) is 3.44. The van der Waals surface area contributed by atoms with Gasteiger partial charge in [-0.05, 0) is 35.9 Å². The molecule has 0 radical (unpaired) electrons. The number of hydrazone groups is 1. The van der Waals surface area contributed by atoms with Crippen molar-refractivity contribution in [1.29, 1.82) is 0 Å². The lowest BCUT2D eigenvalue weighted by Gasteiger charge is -2.19. The zero-order valence-electron chi connectivity index (χ0n) is 16.3. The standard InChI is InChI=1S/C23H19N7/c1-30(17-7-3-2-4-8-17)18-13-11-16(12-14-18)15-24-28-23-26-22-21(27-29-23)19-9-5-6-10-20(19)25-22/h2-15H,1H3,(H2,25,26,28,29)/b24-15+. The molecule has 5 rings (SSSR count). The molecule has 0 bridgehead atoms. The Morgan fingerprint density at radius 1 is 0.867 bits per heavy atom. The van der Waals surface area contributed by atoms with Crippen molar-refractivity contribution in [2.75, 3.05) is 17.4 Å². The van der Waals surface area contributed by atoms with E-state index in [-0.39, 0.29) is 0 Å².